The van der Waals surface area contributed by atoms with E-state index in [1.54, 1.807) is 13.0 Å². The van der Waals surface area contributed by atoms with Gasteiger partial charge in [0.1, 0.15) is 5.82 Å². The van der Waals surface area contributed by atoms with Crippen molar-refractivity contribution >= 4 is 0 Å². The summed E-state index contributed by atoms with van der Waals surface area (Å²) in [6.45, 7) is 8.15. The first-order chi connectivity index (χ1) is 7.33. The first-order valence-electron chi connectivity index (χ1n) is 5.51. The van der Waals surface area contributed by atoms with Crippen molar-refractivity contribution in [1.29, 1.82) is 0 Å². The summed E-state index contributed by atoms with van der Waals surface area (Å²) in [6.07, 6.45) is -0.437. The monoisotopic (exact) mass is 225 g/mol. The van der Waals surface area contributed by atoms with Crippen LogP contribution < -0.4 is 5.32 Å². The van der Waals surface area contributed by atoms with Crippen molar-refractivity contribution in [1.82, 2.24) is 5.32 Å². The number of nitrogens with one attached hydrogen (secondary N) is 1. The predicted molar refractivity (Wildman–Crippen MR) is 63.7 cm³/mol. The van der Waals surface area contributed by atoms with Crippen LogP contribution in [0.3, 0.4) is 0 Å². The van der Waals surface area contributed by atoms with Gasteiger partial charge in [0.05, 0.1) is 6.10 Å². The third-order valence-corrected chi connectivity index (χ3v) is 3.08. The van der Waals surface area contributed by atoms with Crippen LogP contribution in [0.4, 0.5) is 4.39 Å². The molecule has 0 spiro atoms. The van der Waals surface area contributed by atoms with E-state index in [4.69, 9.17) is 0 Å². The zero-order valence-electron chi connectivity index (χ0n) is 10.3. The van der Waals surface area contributed by atoms with Crippen LogP contribution in [0.2, 0.25) is 0 Å². The third kappa shape index (κ3) is 3.29. The van der Waals surface area contributed by atoms with Crippen LogP contribution in [0, 0.1) is 12.7 Å². The number of rotatable bonds is 4. The Morgan fingerprint density at radius 3 is 2.56 bits per heavy atom. The molecule has 90 valence electrons. The zero-order chi connectivity index (χ0) is 12.3. The summed E-state index contributed by atoms with van der Waals surface area (Å²) >= 11 is 0. The Balaban J connectivity index is 2.68. The molecule has 0 aromatic heterocycles. The van der Waals surface area contributed by atoms with E-state index < -0.39 is 6.10 Å². The molecule has 2 nitrogen and oxygen atoms in total. The van der Waals surface area contributed by atoms with Crippen molar-refractivity contribution < 1.29 is 9.50 Å². The summed E-state index contributed by atoms with van der Waals surface area (Å²) in [6, 6.07) is 4.75. The molecule has 1 atom stereocenters. The van der Waals surface area contributed by atoms with Crippen LogP contribution in [-0.2, 0) is 6.54 Å². The summed E-state index contributed by atoms with van der Waals surface area (Å²) in [5, 5.41) is 12.8. The van der Waals surface area contributed by atoms with Crippen LogP contribution >= 0.6 is 0 Å². The molecule has 1 unspecified atom stereocenters. The highest BCUT2D eigenvalue weighted by Crippen LogP contribution is 2.13. The molecule has 1 aromatic rings. The third-order valence-electron chi connectivity index (χ3n) is 3.08. The molecule has 0 bridgehead atoms. The number of halogens is 1. The van der Waals surface area contributed by atoms with Crippen molar-refractivity contribution in [3.8, 4) is 0 Å². The standard InChI is InChI=1S/C13H20FNO/c1-9-7-12(14)6-5-11(9)8-15-13(3,4)10(2)16/h5-7,10,15-16H,8H2,1-4H3. The van der Waals surface area contributed by atoms with E-state index in [0.29, 0.717) is 6.54 Å². The van der Waals surface area contributed by atoms with Crippen LogP contribution in [0.5, 0.6) is 0 Å². The minimum absolute atomic E-state index is 0.212. The van der Waals surface area contributed by atoms with Gasteiger partial charge in [-0.3, -0.25) is 0 Å². The van der Waals surface area contributed by atoms with E-state index in [9.17, 15) is 9.50 Å². The Bertz CT molecular complexity index is 361. The minimum Gasteiger partial charge on any atom is -0.392 e. The molecule has 16 heavy (non-hydrogen) atoms. The average molecular weight is 225 g/mol. The number of benzene rings is 1. The van der Waals surface area contributed by atoms with E-state index >= 15 is 0 Å². The largest absolute Gasteiger partial charge is 0.392 e. The molecule has 0 aliphatic carbocycles. The fourth-order valence-electron chi connectivity index (χ4n) is 1.33. The molecule has 1 aromatic carbocycles. The van der Waals surface area contributed by atoms with Gasteiger partial charge in [-0.25, -0.2) is 4.39 Å². The van der Waals surface area contributed by atoms with Gasteiger partial charge in [-0.15, -0.1) is 0 Å². The second-order valence-corrected chi connectivity index (χ2v) is 4.82. The zero-order valence-corrected chi connectivity index (χ0v) is 10.3. The van der Waals surface area contributed by atoms with Gasteiger partial charge in [-0.1, -0.05) is 6.07 Å². The molecule has 0 aliphatic rings. The fourth-order valence-corrected chi connectivity index (χ4v) is 1.33. The summed E-state index contributed by atoms with van der Waals surface area (Å²) in [4.78, 5) is 0. The molecule has 0 amide bonds. The van der Waals surface area contributed by atoms with E-state index in [1.807, 2.05) is 20.8 Å². The Hall–Kier alpha value is -0.930. The Morgan fingerprint density at radius 2 is 2.06 bits per heavy atom. The van der Waals surface area contributed by atoms with Crippen molar-refractivity contribution in [3.63, 3.8) is 0 Å². The molecule has 3 heteroatoms. The smallest absolute Gasteiger partial charge is 0.123 e. The number of aliphatic hydroxyl groups is 1. The van der Waals surface area contributed by atoms with Gasteiger partial charge in [-0.2, -0.15) is 0 Å². The Kier molecular flexibility index (Phi) is 4.05. The molecule has 0 saturated heterocycles. The predicted octanol–water partition coefficient (Wildman–Crippen LogP) is 2.38. The van der Waals surface area contributed by atoms with Gasteiger partial charge in [0, 0.05) is 12.1 Å². The van der Waals surface area contributed by atoms with Gasteiger partial charge in [0.15, 0.2) is 0 Å². The van der Waals surface area contributed by atoms with E-state index in [2.05, 4.69) is 5.32 Å². The van der Waals surface area contributed by atoms with E-state index in [1.165, 1.54) is 12.1 Å². The van der Waals surface area contributed by atoms with Crippen molar-refractivity contribution in [2.45, 2.75) is 45.9 Å². The van der Waals surface area contributed by atoms with Gasteiger partial charge in [-0.05, 0) is 51.0 Å². The van der Waals surface area contributed by atoms with Crippen molar-refractivity contribution in [2.24, 2.45) is 0 Å². The van der Waals surface area contributed by atoms with Gasteiger partial charge < -0.3 is 10.4 Å². The van der Waals surface area contributed by atoms with Crippen LogP contribution in [0.25, 0.3) is 0 Å². The first-order valence-corrected chi connectivity index (χ1v) is 5.51. The molecular formula is C13H20FNO. The summed E-state index contributed by atoms with van der Waals surface area (Å²) in [7, 11) is 0. The Morgan fingerprint density at radius 1 is 1.44 bits per heavy atom. The molecular weight excluding hydrogens is 205 g/mol. The lowest BCUT2D eigenvalue weighted by atomic mass is 9.98. The molecule has 0 saturated carbocycles. The van der Waals surface area contributed by atoms with Crippen LogP contribution in [-0.4, -0.2) is 16.7 Å². The van der Waals surface area contributed by atoms with E-state index in [0.717, 1.165) is 11.1 Å². The lowest BCUT2D eigenvalue weighted by Crippen LogP contribution is -2.47. The summed E-state index contributed by atoms with van der Waals surface area (Å²) in [5.74, 6) is -0.212. The normalized spacial score (nSPS) is 13.9. The van der Waals surface area contributed by atoms with Gasteiger partial charge >= 0.3 is 0 Å². The van der Waals surface area contributed by atoms with Gasteiger partial charge in [0.25, 0.3) is 0 Å². The molecule has 2 N–H and O–H groups in total. The molecule has 0 radical (unpaired) electrons. The van der Waals surface area contributed by atoms with Crippen molar-refractivity contribution in [2.75, 3.05) is 0 Å². The highest BCUT2D eigenvalue weighted by Gasteiger charge is 2.22. The molecule has 1 rings (SSSR count). The lowest BCUT2D eigenvalue weighted by Gasteiger charge is -2.29. The number of hydrogen-bond donors (Lipinski definition) is 2. The topological polar surface area (TPSA) is 32.3 Å². The molecule has 0 heterocycles. The molecule has 0 fully saturated rings. The maximum atomic E-state index is 12.9. The highest BCUT2D eigenvalue weighted by molar-refractivity contribution is 5.26. The summed E-state index contributed by atoms with van der Waals surface area (Å²) in [5.41, 5.74) is 1.63. The van der Waals surface area contributed by atoms with Crippen LogP contribution in [0.15, 0.2) is 18.2 Å². The maximum absolute atomic E-state index is 12.9. The second kappa shape index (κ2) is 4.93. The quantitative estimate of drug-likeness (QED) is 0.824. The number of aryl methyl sites for hydroxylation is 1. The molecule has 0 aliphatic heterocycles. The fraction of sp³-hybridized carbons (Fsp3) is 0.538. The van der Waals surface area contributed by atoms with Crippen LogP contribution in [0.1, 0.15) is 31.9 Å². The minimum atomic E-state index is -0.437. The van der Waals surface area contributed by atoms with Gasteiger partial charge in [0.2, 0.25) is 0 Å². The SMILES string of the molecule is Cc1cc(F)ccc1CNC(C)(C)C(C)O. The van der Waals surface area contributed by atoms with Crippen molar-refractivity contribution in [3.05, 3.63) is 35.1 Å². The number of hydrogen-bond acceptors (Lipinski definition) is 2. The Labute approximate surface area is 96.5 Å². The highest BCUT2D eigenvalue weighted by atomic mass is 19.1. The average Bonchev–Trinajstić information content (AvgIpc) is 2.16. The number of aliphatic hydroxyl groups excluding tert-OH is 1. The summed E-state index contributed by atoms with van der Waals surface area (Å²) < 4.78 is 12.9. The van der Waals surface area contributed by atoms with E-state index in [-0.39, 0.29) is 11.4 Å². The second-order valence-electron chi connectivity index (χ2n) is 4.82. The first kappa shape index (κ1) is 13.1. The lowest BCUT2D eigenvalue weighted by molar-refractivity contribution is 0.0956. The maximum Gasteiger partial charge on any atom is 0.123 e.